The summed E-state index contributed by atoms with van der Waals surface area (Å²) in [7, 11) is 0. The first kappa shape index (κ1) is 22.7. The lowest BCUT2D eigenvalue weighted by molar-refractivity contribution is -0.136. The highest BCUT2D eigenvalue weighted by atomic mass is 16.6. The Morgan fingerprint density at radius 3 is 2.41 bits per heavy atom. The van der Waals surface area contributed by atoms with Crippen molar-refractivity contribution < 1.29 is 23.7 Å². The number of hydrogen-bond acceptors (Lipinski definition) is 8. The van der Waals surface area contributed by atoms with Gasteiger partial charge in [-0.1, -0.05) is 0 Å². The van der Waals surface area contributed by atoms with Gasteiger partial charge in [-0.25, -0.2) is 0 Å². The van der Waals surface area contributed by atoms with Gasteiger partial charge in [-0.2, -0.15) is 5.26 Å². The first-order chi connectivity index (χ1) is 16.7. The molecular formula is C26H29N3O5. The van der Waals surface area contributed by atoms with E-state index in [1.54, 1.807) is 18.2 Å². The number of benzene rings is 2. The molecule has 0 aromatic heterocycles. The fraction of sp³-hybridized carbons (Fsp3) is 0.462. The second kappa shape index (κ2) is 10.4. The van der Waals surface area contributed by atoms with Crippen molar-refractivity contribution >= 4 is 5.78 Å². The highest BCUT2D eigenvalue weighted by Gasteiger charge is 2.35. The number of carbonyl (C=O) groups is 1. The normalized spacial score (nSPS) is 22.1. The lowest BCUT2D eigenvalue weighted by atomic mass is 10.1. The third-order valence-electron chi connectivity index (χ3n) is 6.33. The molecule has 2 fully saturated rings. The van der Waals surface area contributed by atoms with Crippen molar-refractivity contribution in [1.29, 1.82) is 5.26 Å². The van der Waals surface area contributed by atoms with Crippen molar-refractivity contribution in [2.24, 2.45) is 0 Å². The molecule has 8 heteroatoms. The molecule has 5 rings (SSSR count). The first-order valence-corrected chi connectivity index (χ1v) is 11.8. The average Bonchev–Trinajstić information content (AvgIpc) is 2.86. The van der Waals surface area contributed by atoms with Gasteiger partial charge in [-0.15, -0.1) is 0 Å². The molecule has 2 aromatic rings. The van der Waals surface area contributed by atoms with E-state index in [0.29, 0.717) is 49.0 Å². The Morgan fingerprint density at radius 2 is 1.68 bits per heavy atom. The maximum atomic E-state index is 12.9. The molecule has 0 saturated carbocycles. The third kappa shape index (κ3) is 5.50. The van der Waals surface area contributed by atoms with Gasteiger partial charge in [0.25, 0.3) is 0 Å². The number of carbonyl (C=O) groups excluding carboxylic acids is 1. The Morgan fingerprint density at radius 1 is 0.971 bits per heavy atom. The molecule has 0 radical (unpaired) electrons. The van der Waals surface area contributed by atoms with Crippen LogP contribution in [0.25, 0.3) is 0 Å². The van der Waals surface area contributed by atoms with Gasteiger partial charge in [0.15, 0.2) is 17.3 Å². The van der Waals surface area contributed by atoms with Gasteiger partial charge in [0.2, 0.25) is 0 Å². The maximum absolute atomic E-state index is 12.9. The summed E-state index contributed by atoms with van der Waals surface area (Å²) in [5.74, 6) is 2.23. The number of hydrogen-bond donors (Lipinski definition) is 0. The fourth-order valence-electron chi connectivity index (χ4n) is 4.79. The van der Waals surface area contributed by atoms with E-state index in [9.17, 15) is 4.79 Å². The number of morpholine rings is 2. The summed E-state index contributed by atoms with van der Waals surface area (Å²) in [6.07, 6.45) is 1.14. The Labute approximate surface area is 199 Å². The SMILES string of the molecule is N#Cc1ccc(OCCCN2CC3CN(CC(=O)c4ccc5c(c4)OCCO5)CC(C2)O3)cc1. The van der Waals surface area contributed by atoms with E-state index in [0.717, 1.165) is 44.9 Å². The summed E-state index contributed by atoms with van der Waals surface area (Å²) in [6.45, 7) is 6.25. The van der Waals surface area contributed by atoms with Crippen molar-refractivity contribution in [3.05, 3.63) is 53.6 Å². The van der Waals surface area contributed by atoms with E-state index < -0.39 is 0 Å². The molecule has 0 aliphatic carbocycles. The fourth-order valence-corrected chi connectivity index (χ4v) is 4.79. The molecule has 8 nitrogen and oxygen atoms in total. The summed E-state index contributed by atoms with van der Waals surface area (Å²) in [5.41, 5.74) is 1.29. The van der Waals surface area contributed by atoms with E-state index in [1.807, 2.05) is 24.3 Å². The van der Waals surface area contributed by atoms with Crippen LogP contribution in [0.4, 0.5) is 0 Å². The van der Waals surface area contributed by atoms with Crippen molar-refractivity contribution in [3.63, 3.8) is 0 Å². The van der Waals surface area contributed by atoms with Crippen LogP contribution in [-0.2, 0) is 4.74 Å². The van der Waals surface area contributed by atoms with Crippen LogP contribution in [0.2, 0.25) is 0 Å². The van der Waals surface area contributed by atoms with E-state index in [-0.39, 0.29) is 18.0 Å². The minimum atomic E-state index is 0.0914. The summed E-state index contributed by atoms with van der Waals surface area (Å²) < 4.78 is 23.1. The molecule has 2 atom stereocenters. The average molecular weight is 464 g/mol. The highest BCUT2D eigenvalue weighted by molar-refractivity contribution is 5.98. The quantitative estimate of drug-likeness (QED) is 0.436. The molecule has 2 saturated heterocycles. The van der Waals surface area contributed by atoms with E-state index in [4.69, 9.17) is 24.2 Å². The molecule has 2 aromatic carbocycles. The number of ketones is 1. The topological polar surface area (TPSA) is 84.3 Å². The summed E-state index contributed by atoms with van der Waals surface area (Å²) >= 11 is 0. The molecule has 0 N–H and O–H groups in total. The largest absolute Gasteiger partial charge is 0.494 e. The van der Waals surface area contributed by atoms with Crippen LogP contribution in [0, 0.1) is 11.3 Å². The van der Waals surface area contributed by atoms with Crippen molar-refractivity contribution in [3.8, 4) is 23.3 Å². The van der Waals surface area contributed by atoms with Crippen LogP contribution in [0.1, 0.15) is 22.3 Å². The number of ether oxygens (including phenoxy) is 4. The number of Topliss-reactive ketones (excluding diaryl/α,β-unsaturated/α-hetero) is 1. The second-order valence-electron chi connectivity index (χ2n) is 8.95. The molecule has 3 heterocycles. The predicted molar refractivity (Wildman–Crippen MR) is 125 cm³/mol. The van der Waals surface area contributed by atoms with Gasteiger partial charge in [-0.3, -0.25) is 14.6 Å². The van der Waals surface area contributed by atoms with Crippen LogP contribution >= 0.6 is 0 Å². The molecule has 0 spiro atoms. The van der Waals surface area contributed by atoms with Gasteiger partial charge in [0, 0.05) is 38.3 Å². The minimum Gasteiger partial charge on any atom is -0.494 e. The zero-order chi connectivity index (χ0) is 23.3. The van der Waals surface area contributed by atoms with E-state index in [1.165, 1.54) is 0 Å². The van der Waals surface area contributed by atoms with Gasteiger partial charge >= 0.3 is 0 Å². The molecule has 2 unspecified atom stereocenters. The number of rotatable bonds is 8. The monoisotopic (exact) mass is 463 g/mol. The van der Waals surface area contributed by atoms with E-state index >= 15 is 0 Å². The smallest absolute Gasteiger partial charge is 0.176 e. The summed E-state index contributed by atoms with van der Waals surface area (Å²) in [6, 6.07) is 14.7. The zero-order valence-corrected chi connectivity index (χ0v) is 19.2. The van der Waals surface area contributed by atoms with Gasteiger partial charge in [0.05, 0.1) is 37.0 Å². The standard InChI is InChI=1S/C26H29N3O5/c27-13-19-2-5-21(6-3-19)31-9-1-8-28-14-22-16-29(17-23(15-28)34-22)18-24(30)20-4-7-25-26(12-20)33-11-10-32-25/h2-7,12,22-23H,1,8-11,14-18H2. The number of fused-ring (bicyclic) bond motifs is 3. The molecule has 178 valence electrons. The highest BCUT2D eigenvalue weighted by Crippen LogP contribution is 2.31. The summed E-state index contributed by atoms with van der Waals surface area (Å²) in [4.78, 5) is 17.5. The molecular weight excluding hydrogens is 434 g/mol. The van der Waals surface area contributed by atoms with Crippen molar-refractivity contribution in [2.45, 2.75) is 18.6 Å². The van der Waals surface area contributed by atoms with E-state index in [2.05, 4.69) is 15.9 Å². The Kier molecular flexibility index (Phi) is 6.95. The second-order valence-corrected chi connectivity index (χ2v) is 8.95. The Balaban J connectivity index is 1.06. The molecule has 2 bridgehead atoms. The Bertz CT molecular complexity index is 1040. The zero-order valence-electron chi connectivity index (χ0n) is 19.2. The lowest BCUT2D eigenvalue weighted by Gasteiger charge is -2.45. The molecule has 0 amide bonds. The summed E-state index contributed by atoms with van der Waals surface area (Å²) in [5, 5.41) is 8.87. The van der Waals surface area contributed by atoms with Gasteiger partial charge in [0.1, 0.15) is 19.0 Å². The number of nitrogens with zero attached hydrogens (tertiary/aromatic N) is 3. The van der Waals surface area contributed by atoms with Gasteiger partial charge < -0.3 is 18.9 Å². The van der Waals surface area contributed by atoms with Crippen LogP contribution in [-0.4, -0.2) is 86.9 Å². The van der Waals surface area contributed by atoms with Crippen LogP contribution in [0.3, 0.4) is 0 Å². The van der Waals surface area contributed by atoms with Crippen molar-refractivity contribution in [1.82, 2.24) is 9.80 Å². The van der Waals surface area contributed by atoms with Gasteiger partial charge in [-0.05, 0) is 48.9 Å². The maximum Gasteiger partial charge on any atom is 0.176 e. The predicted octanol–water partition coefficient (Wildman–Crippen LogP) is 2.37. The Hall–Kier alpha value is -3.12. The van der Waals surface area contributed by atoms with Crippen LogP contribution in [0.5, 0.6) is 17.2 Å². The first-order valence-electron chi connectivity index (χ1n) is 11.8. The lowest BCUT2D eigenvalue weighted by Crippen LogP contribution is -2.60. The molecule has 3 aliphatic heterocycles. The van der Waals surface area contributed by atoms with Crippen LogP contribution in [0.15, 0.2) is 42.5 Å². The molecule has 34 heavy (non-hydrogen) atoms. The molecule has 3 aliphatic rings. The third-order valence-corrected chi connectivity index (χ3v) is 6.33. The number of nitriles is 1. The van der Waals surface area contributed by atoms with Crippen molar-refractivity contribution in [2.75, 3.05) is 59.1 Å². The van der Waals surface area contributed by atoms with Crippen LogP contribution < -0.4 is 14.2 Å². The minimum absolute atomic E-state index is 0.0914.